The molecule has 0 spiro atoms. The standard InChI is InChI=1S/C15H26N2O/c1-5-10-16-12-14(6-2)18-15-9-7-8-13(11-15)17(3)4/h7-9,11,14,16H,5-6,10,12H2,1-4H3. The van der Waals surface area contributed by atoms with Gasteiger partial charge >= 0.3 is 0 Å². The van der Waals surface area contributed by atoms with Crippen molar-refractivity contribution >= 4 is 5.69 Å². The molecule has 102 valence electrons. The molecule has 0 saturated heterocycles. The summed E-state index contributed by atoms with van der Waals surface area (Å²) in [4.78, 5) is 2.09. The molecule has 0 aromatic heterocycles. The highest BCUT2D eigenvalue weighted by molar-refractivity contribution is 5.49. The minimum absolute atomic E-state index is 0.244. The average Bonchev–Trinajstić information content (AvgIpc) is 2.38. The van der Waals surface area contributed by atoms with Crippen molar-refractivity contribution in [3.05, 3.63) is 24.3 Å². The van der Waals surface area contributed by atoms with Gasteiger partial charge in [-0.05, 0) is 31.5 Å². The van der Waals surface area contributed by atoms with E-state index in [9.17, 15) is 0 Å². The molecule has 0 bridgehead atoms. The van der Waals surface area contributed by atoms with Gasteiger partial charge in [-0.25, -0.2) is 0 Å². The summed E-state index contributed by atoms with van der Waals surface area (Å²) in [5, 5.41) is 3.41. The largest absolute Gasteiger partial charge is 0.489 e. The molecule has 0 aliphatic carbocycles. The molecule has 0 saturated carbocycles. The van der Waals surface area contributed by atoms with E-state index in [0.717, 1.165) is 31.7 Å². The number of hydrogen-bond donors (Lipinski definition) is 1. The topological polar surface area (TPSA) is 24.5 Å². The number of rotatable bonds is 8. The maximum absolute atomic E-state index is 6.01. The van der Waals surface area contributed by atoms with Crippen molar-refractivity contribution in [1.82, 2.24) is 5.32 Å². The minimum Gasteiger partial charge on any atom is -0.489 e. The number of benzene rings is 1. The molecule has 0 amide bonds. The molecule has 1 aromatic rings. The molecular weight excluding hydrogens is 224 g/mol. The van der Waals surface area contributed by atoms with Crippen molar-refractivity contribution in [3.8, 4) is 5.75 Å². The summed E-state index contributed by atoms with van der Waals surface area (Å²) < 4.78 is 6.01. The van der Waals surface area contributed by atoms with Gasteiger partial charge in [-0.3, -0.25) is 0 Å². The minimum atomic E-state index is 0.244. The molecule has 0 aliphatic rings. The van der Waals surface area contributed by atoms with Gasteiger partial charge in [0.15, 0.2) is 0 Å². The predicted molar refractivity (Wildman–Crippen MR) is 78.6 cm³/mol. The number of anilines is 1. The van der Waals surface area contributed by atoms with Crippen LogP contribution in [0.4, 0.5) is 5.69 Å². The zero-order valence-electron chi connectivity index (χ0n) is 12.1. The Morgan fingerprint density at radius 3 is 2.67 bits per heavy atom. The third-order valence-electron chi connectivity index (χ3n) is 2.89. The first-order valence-electron chi connectivity index (χ1n) is 6.82. The van der Waals surface area contributed by atoms with Crippen LogP contribution in [0.25, 0.3) is 0 Å². The third kappa shape index (κ3) is 4.96. The molecule has 0 aliphatic heterocycles. The Hall–Kier alpha value is -1.22. The fourth-order valence-electron chi connectivity index (χ4n) is 1.74. The van der Waals surface area contributed by atoms with E-state index < -0.39 is 0 Å². The van der Waals surface area contributed by atoms with Crippen molar-refractivity contribution < 1.29 is 4.74 Å². The molecule has 1 rings (SSSR count). The maximum atomic E-state index is 6.01. The van der Waals surface area contributed by atoms with Crippen LogP contribution in [-0.2, 0) is 0 Å². The van der Waals surface area contributed by atoms with E-state index in [1.807, 2.05) is 26.2 Å². The lowest BCUT2D eigenvalue weighted by Gasteiger charge is -2.20. The number of nitrogens with zero attached hydrogens (tertiary/aromatic N) is 1. The summed E-state index contributed by atoms with van der Waals surface area (Å²) in [5.74, 6) is 0.950. The highest BCUT2D eigenvalue weighted by Crippen LogP contribution is 2.20. The quantitative estimate of drug-likeness (QED) is 0.718. The van der Waals surface area contributed by atoms with Crippen molar-refractivity contribution in [1.29, 1.82) is 0 Å². The van der Waals surface area contributed by atoms with Crippen LogP contribution in [0.5, 0.6) is 5.75 Å². The lowest BCUT2D eigenvalue weighted by molar-refractivity contribution is 0.193. The lowest BCUT2D eigenvalue weighted by atomic mass is 10.2. The first-order chi connectivity index (χ1) is 8.67. The monoisotopic (exact) mass is 250 g/mol. The Bertz CT molecular complexity index is 339. The van der Waals surface area contributed by atoms with Gasteiger partial charge in [0.2, 0.25) is 0 Å². The Kier molecular flexibility index (Phi) is 6.58. The van der Waals surface area contributed by atoms with Crippen molar-refractivity contribution in [2.75, 3.05) is 32.1 Å². The fourth-order valence-corrected chi connectivity index (χ4v) is 1.74. The van der Waals surface area contributed by atoms with E-state index in [1.54, 1.807) is 0 Å². The molecule has 1 N–H and O–H groups in total. The summed E-state index contributed by atoms with van der Waals surface area (Å²) >= 11 is 0. The summed E-state index contributed by atoms with van der Waals surface area (Å²) in [6.45, 7) is 6.30. The molecule has 1 unspecified atom stereocenters. The second-order valence-corrected chi connectivity index (χ2v) is 4.74. The summed E-state index contributed by atoms with van der Waals surface area (Å²) in [6, 6.07) is 8.23. The van der Waals surface area contributed by atoms with Gasteiger partial charge in [0, 0.05) is 32.4 Å². The van der Waals surface area contributed by atoms with Crippen LogP contribution in [0.3, 0.4) is 0 Å². The summed E-state index contributed by atoms with van der Waals surface area (Å²) in [6.07, 6.45) is 2.42. The maximum Gasteiger partial charge on any atom is 0.121 e. The zero-order valence-corrected chi connectivity index (χ0v) is 12.1. The van der Waals surface area contributed by atoms with Gasteiger partial charge in [0.1, 0.15) is 11.9 Å². The molecule has 18 heavy (non-hydrogen) atoms. The van der Waals surface area contributed by atoms with E-state index in [-0.39, 0.29) is 6.10 Å². The van der Waals surface area contributed by atoms with Gasteiger partial charge in [-0.1, -0.05) is 19.9 Å². The van der Waals surface area contributed by atoms with Gasteiger partial charge in [-0.2, -0.15) is 0 Å². The van der Waals surface area contributed by atoms with Crippen LogP contribution in [-0.4, -0.2) is 33.3 Å². The average molecular weight is 250 g/mol. The molecule has 1 aromatic carbocycles. The van der Waals surface area contributed by atoms with Gasteiger partial charge in [0.05, 0.1) is 0 Å². The van der Waals surface area contributed by atoms with Crippen LogP contribution in [0.1, 0.15) is 26.7 Å². The predicted octanol–water partition coefficient (Wildman–Crippen LogP) is 2.91. The van der Waals surface area contributed by atoms with Crippen LogP contribution in [0.15, 0.2) is 24.3 Å². The lowest BCUT2D eigenvalue weighted by Crippen LogP contribution is -2.31. The smallest absolute Gasteiger partial charge is 0.121 e. The molecule has 0 heterocycles. The molecule has 0 radical (unpaired) electrons. The summed E-state index contributed by atoms with van der Waals surface area (Å²) in [5.41, 5.74) is 1.17. The summed E-state index contributed by atoms with van der Waals surface area (Å²) in [7, 11) is 4.08. The first kappa shape index (κ1) is 14.8. The van der Waals surface area contributed by atoms with E-state index in [4.69, 9.17) is 4.74 Å². The highest BCUT2D eigenvalue weighted by atomic mass is 16.5. The fraction of sp³-hybridized carbons (Fsp3) is 0.600. The van der Waals surface area contributed by atoms with Crippen LogP contribution in [0, 0.1) is 0 Å². The Morgan fingerprint density at radius 1 is 1.28 bits per heavy atom. The zero-order chi connectivity index (χ0) is 13.4. The van der Waals surface area contributed by atoms with E-state index >= 15 is 0 Å². The van der Waals surface area contributed by atoms with Crippen molar-refractivity contribution in [2.45, 2.75) is 32.8 Å². The van der Waals surface area contributed by atoms with Gasteiger partial charge < -0.3 is 15.0 Å². The SMILES string of the molecule is CCCNCC(CC)Oc1cccc(N(C)C)c1. The van der Waals surface area contributed by atoms with Gasteiger partial charge in [-0.15, -0.1) is 0 Å². The second-order valence-electron chi connectivity index (χ2n) is 4.74. The Balaban J connectivity index is 2.55. The van der Waals surface area contributed by atoms with E-state index in [0.29, 0.717) is 0 Å². The van der Waals surface area contributed by atoms with Crippen molar-refractivity contribution in [3.63, 3.8) is 0 Å². The third-order valence-corrected chi connectivity index (χ3v) is 2.89. The number of ether oxygens (including phenoxy) is 1. The first-order valence-corrected chi connectivity index (χ1v) is 6.82. The Labute approximate surface area is 111 Å². The van der Waals surface area contributed by atoms with E-state index in [1.165, 1.54) is 5.69 Å². The molecular formula is C15H26N2O. The van der Waals surface area contributed by atoms with Gasteiger partial charge in [0.25, 0.3) is 0 Å². The second kappa shape index (κ2) is 7.98. The highest BCUT2D eigenvalue weighted by Gasteiger charge is 2.08. The number of hydrogen-bond acceptors (Lipinski definition) is 3. The van der Waals surface area contributed by atoms with Crippen LogP contribution >= 0.6 is 0 Å². The van der Waals surface area contributed by atoms with Crippen LogP contribution < -0.4 is 15.0 Å². The molecule has 3 nitrogen and oxygen atoms in total. The normalized spacial score (nSPS) is 12.2. The Morgan fingerprint density at radius 2 is 2.06 bits per heavy atom. The van der Waals surface area contributed by atoms with E-state index in [2.05, 4.69) is 36.2 Å². The molecule has 0 fully saturated rings. The molecule has 3 heteroatoms. The van der Waals surface area contributed by atoms with Crippen LogP contribution in [0.2, 0.25) is 0 Å². The van der Waals surface area contributed by atoms with Crippen molar-refractivity contribution in [2.24, 2.45) is 0 Å². The molecule has 1 atom stereocenters. The number of nitrogens with one attached hydrogen (secondary N) is 1.